The summed E-state index contributed by atoms with van der Waals surface area (Å²) in [5, 5.41) is 4.43. The second-order valence-electron chi connectivity index (χ2n) is 7.50. The van der Waals surface area contributed by atoms with Gasteiger partial charge in [-0.25, -0.2) is 8.42 Å². The molecule has 2 aromatic carbocycles. The highest BCUT2D eigenvalue weighted by Gasteiger charge is 2.27. The molecule has 4 rings (SSSR count). The molecule has 0 bridgehead atoms. The van der Waals surface area contributed by atoms with Gasteiger partial charge in [0, 0.05) is 41.8 Å². The fourth-order valence-corrected chi connectivity index (χ4v) is 5.44. The smallest absolute Gasteiger partial charge is 0.243 e. The van der Waals surface area contributed by atoms with Gasteiger partial charge in [0.05, 0.1) is 4.90 Å². The van der Waals surface area contributed by atoms with E-state index in [1.807, 2.05) is 41.1 Å². The fraction of sp³-hybridized carbons (Fsp3) is 0.318. The third-order valence-corrected chi connectivity index (χ3v) is 7.55. The second-order valence-corrected chi connectivity index (χ2v) is 9.88. The number of amides is 1. The molecule has 1 aromatic heterocycles. The van der Waals surface area contributed by atoms with Crippen LogP contribution in [-0.2, 0) is 27.8 Å². The van der Waals surface area contributed by atoms with E-state index in [1.54, 1.807) is 22.5 Å². The number of sulfonamides is 1. The summed E-state index contributed by atoms with van der Waals surface area (Å²) in [5.74, 6) is -0.0878. The fourth-order valence-electron chi connectivity index (χ4n) is 3.76. The molecule has 0 aliphatic carbocycles. The number of nitrogens with one attached hydrogen (secondary N) is 1. The molecule has 1 amide bonds. The van der Waals surface area contributed by atoms with Crippen molar-refractivity contribution in [2.24, 2.45) is 0 Å². The van der Waals surface area contributed by atoms with Crippen molar-refractivity contribution in [1.82, 2.24) is 14.2 Å². The van der Waals surface area contributed by atoms with Crippen LogP contribution in [0.25, 0.3) is 10.9 Å². The Hall–Kier alpha value is -2.35. The molecule has 0 unspecified atom stereocenters. The molecule has 1 fully saturated rings. The Balaban J connectivity index is 1.39. The lowest BCUT2D eigenvalue weighted by Crippen LogP contribution is -2.29. The van der Waals surface area contributed by atoms with Gasteiger partial charge >= 0.3 is 0 Å². The molecule has 1 aliphatic heterocycles. The van der Waals surface area contributed by atoms with Crippen LogP contribution in [-0.4, -0.2) is 42.8 Å². The van der Waals surface area contributed by atoms with Crippen LogP contribution in [0.2, 0.25) is 5.02 Å². The topological polar surface area (TPSA) is 71.4 Å². The van der Waals surface area contributed by atoms with Gasteiger partial charge in [-0.15, -0.1) is 0 Å². The Labute approximate surface area is 181 Å². The summed E-state index contributed by atoms with van der Waals surface area (Å²) in [7, 11) is -3.45. The first-order valence-electron chi connectivity index (χ1n) is 10.0. The van der Waals surface area contributed by atoms with Crippen molar-refractivity contribution >= 4 is 38.4 Å². The Morgan fingerprint density at radius 2 is 1.77 bits per heavy atom. The summed E-state index contributed by atoms with van der Waals surface area (Å²) in [6.07, 6.45) is 4.36. The first-order chi connectivity index (χ1) is 14.4. The standard InChI is InChI=1S/C22H24ClN3O3S/c23-19-5-3-17(4-6-19)9-11-24-22(27)16-25-14-10-18-15-20(7-8-21(18)25)30(28,29)26-12-1-2-13-26/h3-8,10,14-15H,1-2,9,11-13,16H2,(H,24,27). The molecule has 0 spiro atoms. The molecule has 1 N–H and O–H groups in total. The van der Waals surface area contributed by atoms with E-state index in [9.17, 15) is 13.2 Å². The van der Waals surface area contributed by atoms with Gasteiger partial charge in [0.2, 0.25) is 15.9 Å². The van der Waals surface area contributed by atoms with E-state index in [0.29, 0.717) is 29.6 Å². The zero-order chi connectivity index (χ0) is 21.1. The number of aromatic nitrogens is 1. The largest absolute Gasteiger partial charge is 0.354 e. The molecular weight excluding hydrogens is 422 g/mol. The summed E-state index contributed by atoms with van der Waals surface area (Å²) in [5.41, 5.74) is 1.95. The van der Waals surface area contributed by atoms with Gasteiger partial charge in [-0.05, 0) is 61.2 Å². The van der Waals surface area contributed by atoms with Crippen LogP contribution in [0.15, 0.2) is 59.6 Å². The third kappa shape index (κ3) is 4.53. The molecule has 2 heterocycles. The van der Waals surface area contributed by atoms with Crippen molar-refractivity contribution in [2.45, 2.75) is 30.7 Å². The van der Waals surface area contributed by atoms with Crippen molar-refractivity contribution in [1.29, 1.82) is 0 Å². The summed E-state index contributed by atoms with van der Waals surface area (Å²) in [6, 6.07) is 14.5. The molecule has 3 aromatic rings. The first-order valence-corrected chi connectivity index (χ1v) is 11.9. The van der Waals surface area contributed by atoms with Gasteiger partial charge < -0.3 is 9.88 Å². The maximum Gasteiger partial charge on any atom is 0.243 e. The van der Waals surface area contributed by atoms with Gasteiger partial charge in [-0.3, -0.25) is 4.79 Å². The molecule has 158 valence electrons. The maximum atomic E-state index is 12.8. The zero-order valence-electron chi connectivity index (χ0n) is 16.6. The number of hydrogen-bond donors (Lipinski definition) is 1. The number of hydrogen-bond acceptors (Lipinski definition) is 3. The summed E-state index contributed by atoms with van der Waals surface area (Å²) in [4.78, 5) is 12.7. The van der Waals surface area contributed by atoms with Crippen molar-refractivity contribution in [3.63, 3.8) is 0 Å². The first kappa shape index (κ1) is 20.9. The lowest BCUT2D eigenvalue weighted by molar-refractivity contribution is -0.121. The van der Waals surface area contributed by atoms with Crippen molar-refractivity contribution < 1.29 is 13.2 Å². The minimum atomic E-state index is -3.45. The van der Waals surface area contributed by atoms with E-state index in [2.05, 4.69) is 5.32 Å². The quantitative estimate of drug-likeness (QED) is 0.605. The van der Waals surface area contributed by atoms with Gasteiger partial charge in [-0.2, -0.15) is 4.31 Å². The number of benzene rings is 2. The molecule has 0 radical (unpaired) electrons. The minimum absolute atomic E-state index is 0.0878. The normalized spacial score (nSPS) is 15.0. The Morgan fingerprint density at radius 1 is 1.03 bits per heavy atom. The van der Waals surface area contributed by atoms with Gasteiger partial charge in [-0.1, -0.05) is 23.7 Å². The van der Waals surface area contributed by atoms with Crippen LogP contribution in [0.4, 0.5) is 0 Å². The Kier molecular flexibility index (Phi) is 6.13. The van der Waals surface area contributed by atoms with E-state index < -0.39 is 10.0 Å². The van der Waals surface area contributed by atoms with E-state index in [-0.39, 0.29) is 12.5 Å². The minimum Gasteiger partial charge on any atom is -0.354 e. The third-order valence-electron chi connectivity index (χ3n) is 5.41. The van der Waals surface area contributed by atoms with Gasteiger partial charge in [0.25, 0.3) is 0 Å². The van der Waals surface area contributed by atoms with E-state index in [1.165, 1.54) is 0 Å². The average molecular weight is 446 g/mol. The van der Waals surface area contributed by atoms with Gasteiger partial charge in [0.1, 0.15) is 6.54 Å². The number of rotatable bonds is 7. The molecule has 1 aliphatic rings. The van der Waals surface area contributed by atoms with Crippen LogP contribution in [0.1, 0.15) is 18.4 Å². The number of carbonyl (C=O) groups excluding carboxylic acids is 1. The van der Waals surface area contributed by atoms with Crippen molar-refractivity contribution in [3.05, 3.63) is 65.3 Å². The summed E-state index contributed by atoms with van der Waals surface area (Å²) >= 11 is 5.88. The van der Waals surface area contributed by atoms with Crippen LogP contribution >= 0.6 is 11.6 Å². The molecule has 1 saturated heterocycles. The molecule has 0 saturated carbocycles. The maximum absolute atomic E-state index is 12.8. The summed E-state index contributed by atoms with van der Waals surface area (Å²) in [6.45, 7) is 1.88. The molecular formula is C22H24ClN3O3S. The van der Waals surface area contributed by atoms with Crippen molar-refractivity contribution in [2.75, 3.05) is 19.6 Å². The Bertz CT molecular complexity index is 1150. The zero-order valence-corrected chi connectivity index (χ0v) is 18.1. The van der Waals surface area contributed by atoms with E-state index in [4.69, 9.17) is 11.6 Å². The van der Waals surface area contributed by atoms with Crippen LogP contribution in [0, 0.1) is 0 Å². The van der Waals surface area contributed by atoms with Crippen molar-refractivity contribution in [3.8, 4) is 0 Å². The number of fused-ring (bicyclic) bond motifs is 1. The van der Waals surface area contributed by atoms with E-state index in [0.717, 1.165) is 35.7 Å². The van der Waals surface area contributed by atoms with Crippen LogP contribution in [0.3, 0.4) is 0 Å². The number of halogens is 1. The highest BCUT2D eigenvalue weighted by atomic mass is 35.5. The molecule has 0 atom stereocenters. The SMILES string of the molecule is O=C(Cn1ccc2cc(S(=O)(=O)N3CCCC3)ccc21)NCCc1ccc(Cl)cc1. The molecule has 6 nitrogen and oxygen atoms in total. The van der Waals surface area contributed by atoms with E-state index >= 15 is 0 Å². The molecule has 8 heteroatoms. The average Bonchev–Trinajstić information content (AvgIpc) is 3.40. The highest BCUT2D eigenvalue weighted by Crippen LogP contribution is 2.25. The Morgan fingerprint density at radius 3 is 2.50 bits per heavy atom. The number of carbonyl (C=O) groups is 1. The predicted octanol–water partition coefficient (Wildman–Crippen LogP) is 3.44. The molecule has 30 heavy (non-hydrogen) atoms. The van der Waals surface area contributed by atoms with Crippen LogP contribution < -0.4 is 5.32 Å². The lowest BCUT2D eigenvalue weighted by atomic mass is 10.1. The number of nitrogens with zero attached hydrogens (tertiary/aromatic N) is 2. The second kappa shape index (κ2) is 8.79. The predicted molar refractivity (Wildman–Crippen MR) is 118 cm³/mol. The monoisotopic (exact) mass is 445 g/mol. The lowest BCUT2D eigenvalue weighted by Gasteiger charge is -2.15. The van der Waals surface area contributed by atoms with Crippen LogP contribution in [0.5, 0.6) is 0 Å². The summed E-state index contributed by atoms with van der Waals surface area (Å²) < 4.78 is 28.9. The highest BCUT2D eigenvalue weighted by molar-refractivity contribution is 7.89. The van der Waals surface area contributed by atoms with Gasteiger partial charge in [0.15, 0.2) is 0 Å².